The van der Waals surface area contributed by atoms with Crippen molar-refractivity contribution < 1.29 is 0 Å². The van der Waals surface area contributed by atoms with Crippen LogP contribution in [0.5, 0.6) is 0 Å². The van der Waals surface area contributed by atoms with Crippen LogP contribution in [-0.4, -0.2) is 12.3 Å². The molecule has 0 radical (unpaired) electrons. The molecule has 62 heavy (non-hydrogen) atoms. The van der Waals surface area contributed by atoms with Crippen LogP contribution in [-0.2, 0) is 0 Å². The van der Waals surface area contributed by atoms with Gasteiger partial charge in [0.15, 0.2) is 12.3 Å². The Balaban J connectivity index is 1.16. The molecule has 10 aromatic rings. The molecule has 0 unspecified atom stereocenters. The third-order valence-corrected chi connectivity index (χ3v) is 13.2. The summed E-state index contributed by atoms with van der Waals surface area (Å²) in [7, 11) is 0. The minimum atomic E-state index is -0.256. The molecule has 0 fully saturated rings. The molecule has 2 aliphatic rings. The zero-order chi connectivity index (χ0) is 41.6. The van der Waals surface area contributed by atoms with Gasteiger partial charge in [0, 0.05) is 22.7 Å². The van der Waals surface area contributed by atoms with Crippen molar-refractivity contribution in [1.82, 2.24) is 0 Å². The van der Waals surface area contributed by atoms with Crippen molar-refractivity contribution >= 4 is 88.6 Å². The minimum absolute atomic E-state index is 0.256. The molecular weight excluding hydrogens is 753 g/mol. The van der Waals surface area contributed by atoms with Crippen LogP contribution >= 0.6 is 0 Å². The molecule has 2 aliphatic heterocycles. The summed E-state index contributed by atoms with van der Waals surface area (Å²) in [6.07, 6.45) is -0.513. The Hall–Kier alpha value is -7.56. The van der Waals surface area contributed by atoms with Crippen LogP contribution in [0.2, 0.25) is 0 Å². The fourth-order valence-corrected chi connectivity index (χ4v) is 10.3. The number of anilines is 8. The maximum absolute atomic E-state index is 2.61. The lowest BCUT2D eigenvalue weighted by atomic mass is 10.0. The number of hydrogen-bond donors (Lipinski definition) is 0. The standard InChI is InChI=1S/C58H46N4/c1-37-13-17-45-33-49(25-21-41(45)29-37)59-53-9-5-6-10-54(53)60(50-26-22-42-30-38(2)14-18-46(42)34-50)57(59)58-61(51-27-23-43-31-39(3)15-19-47(43)35-51)55-11-7-8-12-56(55)62(58)52-28-24-44-32-40(4)16-20-48(44)36-52/h5-36,57-58H,1-4H3. The fourth-order valence-electron chi connectivity index (χ4n) is 10.3. The van der Waals surface area contributed by atoms with Crippen molar-refractivity contribution in [1.29, 1.82) is 0 Å². The van der Waals surface area contributed by atoms with Crippen LogP contribution in [0.1, 0.15) is 22.3 Å². The Morgan fingerprint density at radius 3 is 0.694 bits per heavy atom. The summed E-state index contributed by atoms with van der Waals surface area (Å²) in [5, 5.41) is 9.87. The van der Waals surface area contributed by atoms with Gasteiger partial charge >= 0.3 is 0 Å². The number of aryl methyl sites for hydroxylation is 4. The van der Waals surface area contributed by atoms with Gasteiger partial charge in [0.05, 0.1) is 22.7 Å². The van der Waals surface area contributed by atoms with Crippen LogP contribution in [0, 0.1) is 27.7 Å². The van der Waals surface area contributed by atoms with Crippen molar-refractivity contribution in [3.8, 4) is 0 Å². The smallest absolute Gasteiger partial charge is 0.151 e. The van der Waals surface area contributed by atoms with Gasteiger partial charge in [-0.1, -0.05) is 144 Å². The van der Waals surface area contributed by atoms with Gasteiger partial charge < -0.3 is 19.6 Å². The Bertz CT molecular complexity index is 2970. The summed E-state index contributed by atoms with van der Waals surface area (Å²) < 4.78 is 0. The first-order chi connectivity index (χ1) is 30.3. The molecule has 0 bridgehead atoms. The van der Waals surface area contributed by atoms with Crippen LogP contribution in [0.3, 0.4) is 0 Å². The highest BCUT2D eigenvalue weighted by atomic mass is 15.5. The van der Waals surface area contributed by atoms with Gasteiger partial charge in [-0.3, -0.25) is 0 Å². The van der Waals surface area contributed by atoms with E-state index in [4.69, 9.17) is 0 Å². The topological polar surface area (TPSA) is 13.0 Å². The number of fused-ring (bicyclic) bond motifs is 6. The third kappa shape index (κ3) is 5.82. The monoisotopic (exact) mass is 798 g/mol. The lowest BCUT2D eigenvalue weighted by Crippen LogP contribution is -2.58. The third-order valence-electron chi connectivity index (χ3n) is 13.2. The van der Waals surface area contributed by atoms with E-state index in [1.165, 1.54) is 88.1 Å². The quantitative estimate of drug-likeness (QED) is 0.172. The number of nitrogens with zero attached hydrogens (tertiary/aromatic N) is 4. The Kier molecular flexibility index (Phi) is 8.20. The van der Waals surface area contributed by atoms with Crippen LogP contribution in [0.4, 0.5) is 45.5 Å². The largest absolute Gasteiger partial charge is 0.314 e. The highest BCUT2D eigenvalue weighted by Crippen LogP contribution is 2.56. The summed E-state index contributed by atoms with van der Waals surface area (Å²) in [5.41, 5.74) is 14.3. The zero-order valence-electron chi connectivity index (χ0n) is 35.4. The van der Waals surface area contributed by atoms with E-state index in [0.29, 0.717) is 0 Å². The second-order valence-electron chi connectivity index (χ2n) is 17.4. The first-order valence-electron chi connectivity index (χ1n) is 21.7. The molecule has 10 aromatic carbocycles. The number of benzene rings is 10. The maximum atomic E-state index is 2.61. The summed E-state index contributed by atoms with van der Waals surface area (Å²) in [4.78, 5) is 10.4. The first-order valence-corrected chi connectivity index (χ1v) is 21.7. The van der Waals surface area contributed by atoms with Crippen molar-refractivity contribution in [2.45, 2.75) is 40.0 Å². The second-order valence-corrected chi connectivity index (χ2v) is 17.4. The molecule has 0 N–H and O–H groups in total. The molecule has 4 heteroatoms. The number of hydrogen-bond acceptors (Lipinski definition) is 4. The average molecular weight is 799 g/mol. The molecule has 0 aromatic heterocycles. The van der Waals surface area contributed by atoms with Gasteiger partial charge in [-0.2, -0.15) is 0 Å². The van der Waals surface area contributed by atoms with E-state index in [1.807, 2.05) is 0 Å². The van der Waals surface area contributed by atoms with Gasteiger partial charge in [0.25, 0.3) is 0 Å². The zero-order valence-corrected chi connectivity index (χ0v) is 35.4. The summed E-state index contributed by atoms with van der Waals surface area (Å²) in [5.74, 6) is 0. The molecule has 4 nitrogen and oxygen atoms in total. The van der Waals surface area contributed by atoms with Crippen molar-refractivity contribution in [3.05, 3.63) is 216 Å². The van der Waals surface area contributed by atoms with E-state index in [2.05, 4.69) is 241 Å². The van der Waals surface area contributed by atoms with Crippen molar-refractivity contribution in [2.75, 3.05) is 19.6 Å². The average Bonchev–Trinajstić information content (AvgIpc) is 3.81. The molecule has 0 aliphatic carbocycles. The van der Waals surface area contributed by atoms with Crippen LogP contribution < -0.4 is 19.6 Å². The number of rotatable bonds is 5. The van der Waals surface area contributed by atoms with Gasteiger partial charge in [-0.15, -0.1) is 0 Å². The van der Waals surface area contributed by atoms with Gasteiger partial charge in [-0.05, 0) is 144 Å². The lowest BCUT2D eigenvalue weighted by molar-refractivity contribution is 0.550. The van der Waals surface area contributed by atoms with Gasteiger partial charge in [0.2, 0.25) is 0 Å². The lowest BCUT2D eigenvalue weighted by Gasteiger charge is -2.44. The first kappa shape index (κ1) is 36.3. The molecule has 0 saturated heterocycles. The van der Waals surface area contributed by atoms with Gasteiger partial charge in [-0.25, -0.2) is 0 Å². The summed E-state index contributed by atoms with van der Waals surface area (Å²) >= 11 is 0. The molecule has 0 spiro atoms. The van der Waals surface area contributed by atoms with E-state index in [9.17, 15) is 0 Å². The summed E-state index contributed by atoms with van der Waals surface area (Å²) in [6, 6.07) is 73.2. The molecule has 2 heterocycles. The Labute approximate surface area is 363 Å². The van der Waals surface area contributed by atoms with E-state index in [1.54, 1.807) is 0 Å². The molecular formula is C58H46N4. The highest BCUT2D eigenvalue weighted by Gasteiger charge is 2.51. The molecule has 0 saturated carbocycles. The minimum Gasteiger partial charge on any atom is -0.314 e. The van der Waals surface area contributed by atoms with Crippen molar-refractivity contribution in [3.63, 3.8) is 0 Å². The normalized spacial score (nSPS) is 14.2. The van der Waals surface area contributed by atoms with Crippen molar-refractivity contribution in [2.24, 2.45) is 0 Å². The van der Waals surface area contributed by atoms with E-state index >= 15 is 0 Å². The number of para-hydroxylation sites is 4. The van der Waals surface area contributed by atoms with E-state index in [-0.39, 0.29) is 12.3 Å². The predicted octanol–water partition coefficient (Wildman–Crippen LogP) is 15.5. The molecule has 298 valence electrons. The SMILES string of the molecule is Cc1ccc2cc(N3c4ccccc4N(c4ccc5cc(C)ccc5c4)C3C3N(c4ccc5cc(C)ccc5c4)c4ccccc4N3c3ccc4cc(C)ccc4c3)ccc2c1. The maximum Gasteiger partial charge on any atom is 0.151 e. The van der Waals surface area contributed by atoms with E-state index < -0.39 is 0 Å². The second kappa shape index (κ2) is 14.0. The fraction of sp³-hybridized carbons (Fsp3) is 0.103. The molecule has 0 atom stereocenters. The van der Waals surface area contributed by atoms with Crippen LogP contribution in [0.15, 0.2) is 194 Å². The summed E-state index contributed by atoms with van der Waals surface area (Å²) in [6.45, 7) is 8.69. The van der Waals surface area contributed by atoms with E-state index in [0.717, 1.165) is 22.7 Å². The van der Waals surface area contributed by atoms with Crippen LogP contribution in [0.25, 0.3) is 43.1 Å². The van der Waals surface area contributed by atoms with Gasteiger partial charge in [0.1, 0.15) is 0 Å². The Morgan fingerprint density at radius 2 is 0.452 bits per heavy atom. The Morgan fingerprint density at radius 1 is 0.242 bits per heavy atom. The highest BCUT2D eigenvalue weighted by molar-refractivity contribution is 5.99. The predicted molar refractivity (Wildman–Crippen MR) is 264 cm³/mol. The molecule has 0 amide bonds. The molecule has 12 rings (SSSR count).